The number of nitrogens with zero attached hydrogens (tertiary/aromatic N) is 4. The van der Waals surface area contributed by atoms with Crippen LogP contribution in [-0.4, -0.2) is 25.5 Å². The van der Waals surface area contributed by atoms with Crippen molar-refractivity contribution in [1.82, 2.24) is 19.7 Å². The van der Waals surface area contributed by atoms with Gasteiger partial charge in [0.15, 0.2) is 5.78 Å². The van der Waals surface area contributed by atoms with Crippen LogP contribution in [0.5, 0.6) is 0 Å². The van der Waals surface area contributed by atoms with Crippen LogP contribution in [0.25, 0.3) is 21.9 Å². The molecule has 26 heavy (non-hydrogen) atoms. The third-order valence-electron chi connectivity index (χ3n) is 4.66. The molecule has 0 radical (unpaired) electrons. The quantitative estimate of drug-likeness (QED) is 0.504. The molecule has 2 aromatic carbocycles. The van der Waals surface area contributed by atoms with E-state index in [1.807, 2.05) is 66.3 Å². The van der Waals surface area contributed by atoms with Crippen LogP contribution in [0.15, 0.2) is 54.7 Å². The van der Waals surface area contributed by atoms with E-state index >= 15 is 0 Å². The Hall–Kier alpha value is -3.08. The largest absolute Gasteiger partial charge is 0.292 e. The van der Waals surface area contributed by atoms with Gasteiger partial charge in [0, 0.05) is 30.5 Å². The Bertz CT molecular complexity index is 1100. The summed E-state index contributed by atoms with van der Waals surface area (Å²) < 4.78 is 1.92. The summed E-state index contributed by atoms with van der Waals surface area (Å²) in [4.78, 5) is 21.5. The second-order valence-corrected chi connectivity index (χ2v) is 6.51. The first kappa shape index (κ1) is 16.4. The molecule has 0 aliphatic rings. The number of hydrogen-bond acceptors (Lipinski definition) is 4. The molecule has 0 aliphatic carbocycles. The lowest BCUT2D eigenvalue weighted by Gasteiger charge is -2.12. The van der Waals surface area contributed by atoms with Gasteiger partial charge in [-0.05, 0) is 18.2 Å². The van der Waals surface area contributed by atoms with E-state index in [1.165, 1.54) is 0 Å². The summed E-state index contributed by atoms with van der Waals surface area (Å²) in [5.41, 5.74) is 4.24. The minimum Gasteiger partial charge on any atom is -0.292 e. The molecule has 1 atom stereocenters. The predicted octanol–water partition coefficient (Wildman–Crippen LogP) is 4.38. The smallest absolute Gasteiger partial charge is 0.183 e. The molecule has 2 aromatic heterocycles. The maximum atomic E-state index is 12.2. The number of hydrogen-bond donors (Lipinski definition) is 0. The molecule has 4 rings (SSSR count). The second-order valence-electron chi connectivity index (χ2n) is 6.51. The summed E-state index contributed by atoms with van der Waals surface area (Å²) in [6.07, 6.45) is 2.28. The lowest BCUT2D eigenvalue weighted by molar-refractivity contribution is 0.0984. The van der Waals surface area contributed by atoms with E-state index in [0.717, 1.165) is 27.6 Å². The van der Waals surface area contributed by atoms with Crippen LogP contribution in [0.4, 0.5) is 0 Å². The van der Waals surface area contributed by atoms with Crippen molar-refractivity contribution in [3.8, 4) is 0 Å². The SMILES string of the molecule is CCC(=O)c1nn(CC(C)c2cnc3ccccc3n2)c2ccccc12. The van der Waals surface area contributed by atoms with Crippen LogP contribution in [0, 0.1) is 0 Å². The highest BCUT2D eigenvalue weighted by molar-refractivity contribution is 6.05. The summed E-state index contributed by atoms with van der Waals surface area (Å²) >= 11 is 0. The van der Waals surface area contributed by atoms with E-state index in [2.05, 4.69) is 17.0 Å². The first-order valence-electron chi connectivity index (χ1n) is 8.87. The number of para-hydroxylation sites is 3. The lowest BCUT2D eigenvalue weighted by Crippen LogP contribution is -2.10. The van der Waals surface area contributed by atoms with Gasteiger partial charge in [-0.3, -0.25) is 14.5 Å². The van der Waals surface area contributed by atoms with Crippen LogP contribution in [0.1, 0.15) is 42.4 Å². The van der Waals surface area contributed by atoms with Gasteiger partial charge in [0.2, 0.25) is 0 Å². The van der Waals surface area contributed by atoms with Gasteiger partial charge >= 0.3 is 0 Å². The Labute approximate surface area is 151 Å². The van der Waals surface area contributed by atoms with Crippen LogP contribution in [-0.2, 0) is 6.54 Å². The summed E-state index contributed by atoms with van der Waals surface area (Å²) in [6, 6.07) is 15.7. The number of benzene rings is 2. The molecule has 0 fully saturated rings. The van der Waals surface area contributed by atoms with E-state index in [9.17, 15) is 4.79 Å². The highest BCUT2D eigenvalue weighted by atomic mass is 16.1. The Morgan fingerprint density at radius 2 is 1.81 bits per heavy atom. The van der Waals surface area contributed by atoms with E-state index in [0.29, 0.717) is 18.7 Å². The maximum absolute atomic E-state index is 12.2. The fourth-order valence-electron chi connectivity index (χ4n) is 3.20. The Morgan fingerprint density at radius 3 is 2.62 bits per heavy atom. The number of carbonyl (C=O) groups excluding carboxylic acids is 1. The summed E-state index contributed by atoms with van der Waals surface area (Å²) in [7, 11) is 0. The van der Waals surface area contributed by atoms with E-state index < -0.39 is 0 Å². The van der Waals surface area contributed by atoms with Crippen LogP contribution >= 0.6 is 0 Å². The van der Waals surface area contributed by atoms with Crippen molar-refractivity contribution in [2.24, 2.45) is 0 Å². The van der Waals surface area contributed by atoms with Gasteiger partial charge in [0.25, 0.3) is 0 Å². The normalized spacial score (nSPS) is 12.5. The average Bonchev–Trinajstić information content (AvgIpc) is 3.05. The van der Waals surface area contributed by atoms with Gasteiger partial charge in [-0.1, -0.05) is 44.2 Å². The van der Waals surface area contributed by atoms with Gasteiger partial charge in [-0.15, -0.1) is 0 Å². The fourth-order valence-corrected chi connectivity index (χ4v) is 3.20. The molecule has 0 amide bonds. The van der Waals surface area contributed by atoms with E-state index in [-0.39, 0.29) is 11.7 Å². The van der Waals surface area contributed by atoms with Gasteiger partial charge in [-0.2, -0.15) is 5.10 Å². The Kier molecular flexibility index (Phi) is 4.21. The number of Topliss-reactive ketones (excluding diaryl/α,β-unsaturated/α-hetero) is 1. The molecule has 0 saturated carbocycles. The van der Waals surface area contributed by atoms with Crippen LogP contribution < -0.4 is 0 Å². The van der Waals surface area contributed by atoms with Gasteiger partial charge in [0.05, 0.1) is 22.2 Å². The van der Waals surface area contributed by atoms with Gasteiger partial charge in [0.1, 0.15) is 5.69 Å². The monoisotopic (exact) mass is 344 g/mol. The summed E-state index contributed by atoms with van der Waals surface area (Å²) in [5, 5.41) is 5.52. The molecule has 0 N–H and O–H groups in total. The van der Waals surface area contributed by atoms with Crippen molar-refractivity contribution in [1.29, 1.82) is 0 Å². The highest BCUT2D eigenvalue weighted by Crippen LogP contribution is 2.23. The van der Waals surface area contributed by atoms with Crippen molar-refractivity contribution in [2.45, 2.75) is 32.7 Å². The molecule has 5 nitrogen and oxygen atoms in total. The molecular weight excluding hydrogens is 324 g/mol. The minimum atomic E-state index is 0.0677. The average molecular weight is 344 g/mol. The molecule has 130 valence electrons. The standard InChI is InChI=1S/C21H20N4O/c1-3-20(26)21-15-8-4-7-11-19(15)25(24-21)13-14(2)18-12-22-16-9-5-6-10-17(16)23-18/h4-12,14H,3,13H2,1-2H3. The van der Waals surface area contributed by atoms with Gasteiger partial charge < -0.3 is 0 Å². The number of fused-ring (bicyclic) bond motifs is 2. The Balaban J connectivity index is 1.70. The zero-order valence-electron chi connectivity index (χ0n) is 14.9. The molecule has 2 heterocycles. The third kappa shape index (κ3) is 2.86. The minimum absolute atomic E-state index is 0.0677. The highest BCUT2D eigenvalue weighted by Gasteiger charge is 2.18. The molecule has 0 aliphatic heterocycles. The second kappa shape index (κ2) is 6.67. The molecule has 0 bridgehead atoms. The fraction of sp³-hybridized carbons (Fsp3) is 0.238. The molecule has 5 heteroatoms. The van der Waals surface area contributed by atoms with Gasteiger partial charge in [-0.25, -0.2) is 4.98 Å². The van der Waals surface area contributed by atoms with Crippen molar-refractivity contribution >= 4 is 27.7 Å². The number of rotatable bonds is 5. The zero-order valence-corrected chi connectivity index (χ0v) is 14.9. The summed E-state index contributed by atoms with van der Waals surface area (Å²) in [6.45, 7) is 4.62. The molecule has 1 unspecified atom stereocenters. The predicted molar refractivity (Wildman–Crippen MR) is 102 cm³/mol. The summed E-state index contributed by atoms with van der Waals surface area (Å²) in [5.74, 6) is 0.193. The Morgan fingerprint density at radius 1 is 1.08 bits per heavy atom. The number of carbonyl (C=O) groups is 1. The van der Waals surface area contributed by atoms with E-state index in [1.54, 1.807) is 0 Å². The molecular formula is C21H20N4O. The molecule has 0 spiro atoms. The zero-order chi connectivity index (χ0) is 18.1. The van der Waals surface area contributed by atoms with Crippen LogP contribution in [0.3, 0.4) is 0 Å². The molecule has 4 aromatic rings. The number of aromatic nitrogens is 4. The molecule has 0 saturated heterocycles. The first-order valence-corrected chi connectivity index (χ1v) is 8.87. The van der Waals surface area contributed by atoms with Crippen LogP contribution in [0.2, 0.25) is 0 Å². The van der Waals surface area contributed by atoms with Crippen molar-refractivity contribution in [3.63, 3.8) is 0 Å². The third-order valence-corrected chi connectivity index (χ3v) is 4.66. The van der Waals surface area contributed by atoms with Crippen molar-refractivity contribution in [2.75, 3.05) is 0 Å². The van der Waals surface area contributed by atoms with Crippen molar-refractivity contribution in [3.05, 3.63) is 66.1 Å². The lowest BCUT2D eigenvalue weighted by atomic mass is 10.1. The number of ketones is 1. The van der Waals surface area contributed by atoms with E-state index in [4.69, 9.17) is 4.98 Å². The topological polar surface area (TPSA) is 60.7 Å². The maximum Gasteiger partial charge on any atom is 0.183 e. The van der Waals surface area contributed by atoms with Crippen molar-refractivity contribution < 1.29 is 4.79 Å². The first-order chi connectivity index (χ1) is 12.7.